The van der Waals surface area contributed by atoms with Gasteiger partial charge in [-0.25, -0.2) is 22.2 Å². The molecular weight excluding hydrogens is 288 g/mol. The second kappa shape index (κ2) is 4.56. The molecule has 0 aliphatic heterocycles. The summed E-state index contributed by atoms with van der Waals surface area (Å²) >= 11 is 0. The van der Waals surface area contributed by atoms with Crippen LogP contribution in [0.1, 0.15) is 29.5 Å². The van der Waals surface area contributed by atoms with Crippen molar-refractivity contribution in [3.63, 3.8) is 0 Å². The minimum atomic E-state index is -3.22. The molecule has 1 N–H and O–H groups in total. The fourth-order valence-corrected chi connectivity index (χ4v) is 2.69. The quantitative estimate of drug-likeness (QED) is 0.822. The lowest BCUT2D eigenvalue weighted by Gasteiger charge is -2.28. The molecule has 2 aromatic rings. The molecule has 3 nitrogen and oxygen atoms in total. The van der Waals surface area contributed by atoms with Gasteiger partial charge in [-0.2, -0.15) is 5.10 Å². The molecule has 0 saturated heterocycles. The first-order chi connectivity index (χ1) is 9.79. The molecule has 1 heterocycles. The molecule has 0 radical (unpaired) electrons. The van der Waals surface area contributed by atoms with Crippen LogP contribution in [0.3, 0.4) is 0 Å². The number of aryl methyl sites for hydroxylation is 1. The first kappa shape index (κ1) is 14.1. The van der Waals surface area contributed by atoms with Gasteiger partial charge in [-0.1, -0.05) is 0 Å². The maximum absolute atomic E-state index is 13.6. The largest absolute Gasteiger partial charge is 0.382 e. The molecule has 0 bridgehead atoms. The smallest absolute Gasteiger partial charge is 0.278 e. The van der Waals surface area contributed by atoms with E-state index < -0.39 is 30.1 Å². The van der Waals surface area contributed by atoms with Crippen molar-refractivity contribution >= 4 is 0 Å². The lowest BCUT2D eigenvalue weighted by Crippen LogP contribution is -2.32. The summed E-state index contributed by atoms with van der Waals surface area (Å²) in [5.74, 6) is -4.79. The average molecular weight is 300 g/mol. The van der Waals surface area contributed by atoms with Crippen LogP contribution < -0.4 is 0 Å². The third kappa shape index (κ3) is 2.21. The Bertz CT molecular complexity index is 691. The van der Waals surface area contributed by atoms with Crippen molar-refractivity contribution in [3.8, 4) is 5.69 Å². The molecule has 1 aromatic heterocycles. The van der Waals surface area contributed by atoms with E-state index in [-0.39, 0.29) is 23.4 Å². The van der Waals surface area contributed by atoms with Gasteiger partial charge in [0.2, 0.25) is 0 Å². The summed E-state index contributed by atoms with van der Waals surface area (Å²) in [7, 11) is 0. The maximum atomic E-state index is 13.6. The number of aliphatic hydroxyl groups excluding tert-OH is 1. The number of benzene rings is 1. The molecular formula is C14H12F4N2O. The van der Waals surface area contributed by atoms with Gasteiger partial charge in [0, 0.05) is 18.1 Å². The number of nitrogens with zero attached hydrogens (tertiary/aromatic N) is 2. The first-order valence-electron chi connectivity index (χ1n) is 6.40. The summed E-state index contributed by atoms with van der Waals surface area (Å²) in [4.78, 5) is 0. The third-order valence-corrected chi connectivity index (χ3v) is 3.67. The van der Waals surface area contributed by atoms with E-state index in [9.17, 15) is 22.7 Å². The summed E-state index contributed by atoms with van der Waals surface area (Å²) < 4.78 is 55.0. The van der Waals surface area contributed by atoms with E-state index in [2.05, 4.69) is 5.10 Å². The number of fused-ring (bicyclic) bond motifs is 1. The van der Waals surface area contributed by atoms with Crippen LogP contribution in [0.25, 0.3) is 5.69 Å². The summed E-state index contributed by atoms with van der Waals surface area (Å²) in [6.45, 7) is 1.48. The van der Waals surface area contributed by atoms with Gasteiger partial charge < -0.3 is 5.11 Å². The summed E-state index contributed by atoms with van der Waals surface area (Å²) in [6.07, 6.45) is -2.52. The molecule has 0 spiro atoms. The van der Waals surface area contributed by atoms with Crippen molar-refractivity contribution in [2.75, 3.05) is 0 Å². The van der Waals surface area contributed by atoms with E-state index >= 15 is 0 Å². The van der Waals surface area contributed by atoms with E-state index in [1.54, 1.807) is 0 Å². The minimum Gasteiger partial charge on any atom is -0.382 e. The van der Waals surface area contributed by atoms with Crippen LogP contribution in [-0.4, -0.2) is 20.8 Å². The highest BCUT2D eigenvalue weighted by molar-refractivity contribution is 5.41. The van der Waals surface area contributed by atoms with Crippen molar-refractivity contribution in [1.29, 1.82) is 0 Å². The van der Waals surface area contributed by atoms with Crippen molar-refractivity contribution in [2.24, 2.45) is 0 Å². The average Bonchev–Trinajstić information content (AvgIpc) is 2.71. The van der Waals surface area contributed by atoms with Crippen molar-refractivity contribution in [1.82, 2.24) is 9.78 Å². The molecule has 112 valence electrons. The fraction of sp³-hybridized carbons (Fsp3) is 0.357. The van der Waals surface area contributed by atoms with Crippen molar-refractivity contribution < 1.29 is 22.7 Å². The normalized spacial score (nSPS) is 20.4. The highest BCUT2D eigenvalue weighted by Crippen LogP contribution is 2.43. The molecule has 7 heteroatoms. The molecule has 1 aliphatic rings. The van der Waals surface area contributed by atoms with Gasteiger partial charge in [0.25, 0.3) is 5.92 Å². The van der Waals surface area contributed by atoms with Crippen LogP contribution in [0.15, 0.2) is 18.2 Å². The van der Waals surface area contributed by atoms with Crippen LogP contribution in [0.4, 0.5) is 17.6 Å². The number of hydrogen-bond donors (Lipinski definition) is 1. The SMILES string of the molecule is Cc1nn(-c2cc(F)cc(F)c2)c2c1C(O)C(F)(F)CC2. The standard InChI is InChI=1S/C14H12F4N2O/c1-7-12-11(2-3-14(17,18)13(12)21)20(19-7)10-5-8(15)4-9(16)6-10/h4-6,13,21H,2-3H2,1H3. The Balaban J connectivity index is 2.17. The Morgan fingerprint density at radius 3 is 2.48 bits per heavy atom. The Morgan fingerprint density at radius 1 is 1.24 bits per heavy atom. The lowest BCUT2D eigenvalue weighted by molar-refractivity contribution is -0.122. The van der Waals surface area contributed by atoms with Crippen LogP contribution in [0.2, 0.25) is 0 Å². The number of rotatable bonds is 1. The second-order valence-electron chi connectivity index (χ2n) is 5.15. The zero-order valence-electron chi connectivity index (χ0n) is 11.1. The van der Waals surface area contributed by atoms with Crippen LogP contribution in [0.5, 0.6) is 0 Å². The Labute approximate surface area is 117 Å². The van der Waals surface area contributed by atoms with Gasteiger partial charge in [0.15, 0.2) is 0 Å². The highest BCUT2D eigenvalue weighted by atomic mass is 19.3. The van der Waals surface area contributed by atoms with Crippen LogP contribution in [0, 0.1) is 18.6 Å². The number of aliphatic hydroxyl groups is 1. The van der Waals surface area contributed by atoms with Gasteiger partial charge in [0.05, 0.1) is 17.1 Å². The van der Waals surface area contributed by atoms with Crippen LogP contribution >= 0.6 is 0 Å². The lowest BCUT2D eigenvalue weighted by atomic mass is 9.90. The van der Waals surface area contributed by atoms with E-state index in [1.165, 1.54) is 11.6 Å². The predicted molar refractivity (Wildman–Crippen MR) is 66.4 cm³/mol. The maximum Gasteiger partial charge on any atom is 0.278 e. The van der Waals surface area contributed by atoms with E-state index in [1.807, 2.05) is 0 Å². The first-order valence-corrected chi connectivity index (χ1v) is 6.40. The van der Waals surface area contributed by atoms with Gasteiger partial charge in [-0.3, -0.25) is 0 Å². The molecule has 0 saturated carbocycles. The molecule has 1 atom stereocenters. The molecule has 0 fully saturated rings. The zero-order valence-corrected chi connectivity index (χ0v) is 11.1. The van der Waals surface area contributed by atoms with Gasteiger partial charge in [-0.05, 0) is 25.5 Å². The number of halogens is 4. The van der Waals surface area contributed by atoms with Gasteiger partial charge in [-0.15, -0.1) is 0 Å². The van der Waals surface area contributed by atoms with E-state index in [4.69, 9.17) is 0 Å². The topological polar surface area (TPSA) is 38.0 Å². The van der Waals surface area contributed by atoms with Crippen molar-refractivity contribution in [3.05, 3.63) is 46.8 Å². The van der Waals surface area contributed by atoms with Crippen LogP contribution in [-0.2, 0) is 6.42 Å². The van der Waals surface area contributed by atoms with Crippen molar-refractivity contribution in [2.45, 2.75) is 31.8 Å². The van der Waals surface area contributed by atoms with E-state index in [0.717, 1.165) is 18.2 Å². The molecule has 1 aromatic carbocycles. The summed E-state index contributed by atoms with van der Waals surface area (Å²) in [5, 5.41) is 13.8. The number of aromatic nitrogens is 2. The van der Waals surface area contributed by atoms with Gasteiger partial charge >= 0.3 is 0 Å². The monoisotopic (exact) mass is 300 g/mol. The second-order valence-corrected chi connectivity index (χ2v) is 5.15. The molecule has 21 heavy (non-hydrogen) atoms. The summed E-state index contributed by atoms with van der Waals surface area (Å²) in [5.41, 5.74) is 0.725. The highest BCUT2D eigenvalue weighted by Gasteiger charge is 2.46. The fourth-order valence-electron chi connectivity index (χ4n) is 2.69. The molecule has 1 aliphatic carbocycles. The predicted octanol–water partition coefficient (Wildman–Crippen LogP) is 3.07. The Hall–Kier alpha value is -1.89. The third-order valence-electron chi connectivity index (χ3n) is 3.67. The molecule has 3 rings (SSSR count). The van der Waals surface area contributed by atoms with E-state index in [0.29, 0.717) is 5.69 Å². The summed E-state index contributed by atoms with van der Waals surface area (Å²) in [6, 6.07) is 2.85. The number of alkyl halides is 2. The Morgan fingerprint density at radius 2 is 1.86 bits per heavy atom. The van der Waals surface area contributed by atoms with Gasteiger partial charge in [0.1, 0.15) is 17.7 Å². The minimum absolute atomic E-state index is 0.0294. The zero-order chi connectivity index (χ0) is 15.4. The molecule has 0 amide bonds. The number of hydrogen-bond acceptors (Lipinski definition) is 2. The Kier molecular flexibility index (Phi) is 3.05. The molecule has 1 unspecified atom stereocenters.